The van der Waals surface area contributed by atoms with Crippen molar-refractivity contribution in [3.63, 3.8) is 0 Å². The van der Waals surface area contributed by atoms with Crippen LogP contribution in [-0.2, 0) is 18.3 Å². The Morgan fingerprint density at radius 1 is 1.20 bits per heavy atom. The molecule has 152 valence electrons. The second-order valence-corrected chi connectivity index (χ2v) is 7.31. The molecule has 0 radical (unpaired) electrons. The molecule has 7 heteroatoms. The average molecular weight is 401 g/mol. The number of H-pyrrole nitrogens is 1. The minimum absolute atomic E-state index is 0.0862. The monoisotopic (exact) mass is 401 g/mol. The maximum atomic E-state index is 12.5. The lowest BCUT2D eigenvalue weighted by molar-refractivity contribution is -0.121. The Balaban J connectivity index is 1.45. The van der Waals surface area contributed by atoms with Gasteiger partial charge in [0.1, 0.15) is 5.69 Å². The molecule has 1 amide bonds. The fourth-order valence-electron chi connectivity index (χ4n) is 3.58. The van der Waals surface area contributed by atoms with E-state index in [9.17, 15) is 9.59 Å². The molecule has 7 nitrogen and oxygen atoms in total. The van der Waals surface area contributed by atoms with Gasteiger partial charge in [0.2, 0.25) is 5.91 Å². The molecule has 0 aliphatic carbocycles. The smallest absolute Gasteiger partial charge is 0.251 e. The predicted molar refractivity (Wildman–Crippen MR) is 116 cm³/mol. The van der Waals surface area contributed by atoms with Crippen LogP contribution in [0.3, 0.4) is 0 Å². The molecule has 0 saturated heterocycles. The number of nitrogens with one attached hydrogen (secondary N) is 2. The molecule has 2 N–H and O–H groups in total. The summed E-state index contributed by atoms with van der Waals surface area (Å²) in [5.74, 6) is 0.298. The van der Waals surface area contributed by atoms with Gasteiger partial charge in [0.05, 0.1) is 11.7 Å². The highest BCUT2D eigenvalue weighted by Gasteiger charge is 2.15. The number of pyridine rings is 1. The van der Waals surface area contributed by atoms with Gasteiger partial charge in [-0.3, -0.25) is 14.6 Å². The number of para-hydroxylation sites is 1. The van der Waals surface area contributed by atoms with E-state index in [2.05, 4.69) is 43.2 Å². The van der Waals surface area contributed by atoms with E-state index >= 15 is 0 Å². The summed E-state index contributed by atoms with van der Waals surface area (Å²) in [5, 5.41) is 4.11. The van der Waals surface area contributed by atoms with Crippen molar-refractivity contribution in [2.75, 3.05) is 0 Å². The first-order valence-corrected chi connectivity index (χ1v) is 9.86. The number of aromatic nitrogens is 4. The van der Waals surface area contributed by atoms with E-state index in [1.54, 1.807) is 18.3 Å². The van der Waals surface area contributed by atoms with Crippen molar-refractivity contribution in [2.45, 2.75) is 25.8 Å². The molecule has 0 spiro atoms. The Kier molecular flexibility index (Phi) is 5.43. The standard InChI is InChI=1S/C23H23N5O2/c1-15(19-13-22(30)27-23(26-19)18-8-5-6-12-24-18)25-21(29)11-10-16-14-28(2)20-9-4-3-7-17(16)20/h3-9,12-15H,10-11H2,1-2H3,(H,25,29)(H,26,27,30)/t15-/m0/s1. The molecule has 3 aromatic heterocycles. The summed E-state index contributed by atoms with van der Waals surface area (Å²) >= 11 is 0. The van der Waals surface area contributed by atoms with E-state index < -0.39 is 6.04 Å². The summed E-state index contributed by atoms with van der Waals surface area (Å²) in [7, 11) is 2.01. The molecule has 4 rings (SSSR count). The maximum absolute atomic E-state index is 12.5. The van der Waals surface area contributed by atoms with Crippen LogP contribution < -0.4 is 10.9 Å². The number of aromatic amines is 1. The summed E-state index contributed by atoms with van der Waals surface area (Å²) in [6.07, 6.45) is 4.70. The Morgan fingerprint density at radius 3 is 2.80 bits per heavy atom. The predicted octanol–water partition coefficient (Wildman–Crippen LogP) is 3.13. The van der Waals surface area contributed by atoms with Gasteiger partial charge in [-0.2, -0.15) is 0 Å². The van der Waals surface area contributed by atoms with Gasteiger partial charge in [-0.05, 0) is 37.1 Å². The van der Waals surface area contributed by atoms with Crippen molar-refractivity contribution >= 4 is 16.8 Å². The number of aryl methyl sites for hydroxylation is 2. The van der Waals surface area contributed by atoms with Crippen LogP contribution in [0.15, 0.2) is 65.7 Å². The second kappa shape index (κ2) is 8.32. The lowest BCUT2D eigenvalue weighted by Crippen LogP contribution is -2.28. The van der Waals surface area contributed by atoms with Gasteiger partial charge in [0.15, 0.2) is 5.82 Å². The highest BCUT2D eigenvalue weighted by Crippen LogP contribution is 2.21. The minimum atomic E-state index is -0.394. The maximum Gasteiger partial charge on any atom is 0.251 e. The van der Waals surface area contributed by atoms with Gasteiger partial charge in [0.25, 0.3) is 5.56 Å². The third kappa shape index (κ3) is 4.15. The summed E-state index contributed by atoms with van der Waals surface area (Å²) in [4.78, 5) is 36.0. The first-order valence-electron chi connectivity index (χ1n) is 9.86. The Bertz CT molecular complexity index is 1240. The number of amides is 1. The van der Waals surface area contributed by atoms with Gasteiger partial charge >= 0.3 is 0 Å². The summed E-state index contributed by atoms with van der Waals surface area (Å²) in [5.41, 5.74) is 3.08. The third-order valence-electron chi connectivity index (χ3n) is 5.09. The van der Waals surface area contributed by atoms with E-state index in [1.807, 2.05) is 32.2 Å². The van der Waals surface area contributed by atoms with E-state index in [-0.39, 0.29) is 11.5 Å². The van der Waals surface area contributed by atoms with E-state index in [0.29, 0.717) is 30.1 Å². The second-order valence-electron chi connectivity index (χ2n) is 7.31. The molecule has 0 aliphatic heterocycles. The van der Waals surface area contributed by atoms with Crippen LogP contribution in [0.4, 0.5) is 0 Å². The van der Waals surface area contributed by atoms with Gasteiger partial charge in [-0.15, -0.1) is 0 Å². The third-order valence-corrected chi connectivity index (χ3v) is 5.09. The summed E-state index contributed by atoms with van der Waals surface area (Å²) < 4.78 is 2.07. The number of carbonyl (C=O) groups is 1. The van der Waals surface area contributed by atoms with Crippen LogP contribution >= 0.6 is 0 Å². The lowest BCUT2D eigenvalue weighted by Gasteiger charge is -2.14. The van der Waals surface area contributed by atoms with Crippen molar-refractivity contribution in [1.29, 1.82) is 0 Å². The summed E-state index contributed by atoms with van der Waals surface area (Å²) in [6, 6.07) is 14.6. The van der Waals surface area contributed by atoms with Crippen LogP contribution in [0.2, 0.25) is 0 Å². The molecular formula is C23H23N5O2. The van der Waals surface area contributed by atoms with Crippen LogP contribution in [0.1, 0.15) is 30.6 Å². The van der Waals surface area contributed by atoms with Gasteiger partial charge in [0, 0.05) is 42.8 Å². The molecule has 1 aromatic carbocycles. The van der Waals surface area contributed by atoms with Gasteiger partial charge < -0.3 is 14.9 Å². The van der Waals surface area contributed by atoms with Gasteiger partial charge in [-0.1, -0.05) is 24.3 Å². The van der Waals surface area contributed by atoms with E-state index in [0.717, 1.165) is 16.5 Å². The van der Waals surface area contributed by atoms with Crippen molar-refractivity contribution in [3.8, 4) is 11.5 Å². The molecule has 0 unspecified atom stereocenters. The van der Waals surface area contributed by atoms with Gasteiger partial charge in [-0.25, -0.2) is 4.98 Å². The zero-order chi connectivity index (χ0) is 21.1. The fraction of sp³-hybridized carbons (Fsp3) is 0.217. The van der Waals surface area contributed by atoms with E-state index in [4.69, 9.17) is 0 Å². The first-order chi connectivity index (χ1) is 14.5. The normalized spacial score (nSPS) is 12.1. The zero-order valence-electron chi connectivity index (χ0n) is 16.9. The molecule has 0 saturated carbocycles. The molecule has 0 bridgehead atoms. The summed E-state index contributed by atoms with van der Waals surface area (Å²) in [6.45, 7) is 1.82. The molecule has 0 fully saturated rings. The molecule has 1 atom stereocenters. The average Bonchev–Trinajstić information content (AvgIpc) is 3.08. The molecule has 30 heavy (non-hydrogen) atoms. The quantitative estimate of drug-likeness (QED) is 0.519. The van der Waals surface area contributed by atoms with Crippen LogP contribution in [0, 0.1) is 0 Å². The fourth-order valence-corrected chi connectivity index (χ4v) is 3.58. The number of nitrogens with zero attached hydrogens (tertiary/aromatic N) is 3. The highest BCUT2D eigenvalue weighted by atomic mass is 16.1. The minimum Gasteiger partial charge on any atom is -0.350 e. The number of carbonyl (C=O) groups excluding carboxylic acids is 1. The van der Waals surface area contributed by atoms with Crippen LogP contribution in [0.5, 0.6) is 0 Å². The zero-order valence-corrected chi connectivity index (χ0v) is 16.9. The Hall–Kier alpha value is -3.74. The molecule has 0 aliphatic rings. The van der Waals surface area contributed by atoms with E-state index in [1.165, 1.54) is 6.07 Å². The van der Waals surface area contributed by atoms with Crippen molar-refractivity contribution in [3.05, 3.63) is 82.5 Å². The Morgan fingerprint density at radius 2 is 2.00 bits per heavy atom. The number of hydrogen-bond donors (Lipinski definition) is 2. The molecule has 4 aromatic rings. The van der Waals surface area contributed by atoms with Crippen LogP contribution in [-0.4, -0.2) is 25.4 Å². The number of hydrogen-bond acceptors (Lipinski definition) is 4. The molecular weight excluding hydrogens is 378 g/mol. The van der Waals surface area contributed by atoms with Crippen molar-refractivity contribution in [1.82, 2.24) is 24.8 Å². The highest BCUT2D eigenvalue weighted by molar-refractivity contribution is 5.85. The SMILES string of the molecule is C[C@H](NC(=O)CCc1cn(C)c2ccccc12)c1cc(=O)[nH]c(-c2ccccn2)n1. The number of fused-ring (bicyclic) bond motifs is 1. The number of benzene rings is 1. The largest absolute Gasteiger partial charge is 0.350 e. The molecule has 3 heterocycles. The van der Waals surface area contributed by atoms with Crippen molar-refractivity contribution < 1.29 is 4.79 Å². The Labute approximate surface area is 173 Å². The lowest BCUT2D eigenvalue weighted by atomic mass is 10.1. The van der Waals surface area contributed by atoms with Crippen LogP contribution in [0.25, 0.3) is 22.4 Å². The number of rotatable bonds is 6. The van der Waals surface area contributed by atoms with Crippen molar-refractivity contribution in [2.24, 2.45) is 7.05 Å². The topological polar surface area (TPSA) is 92.7 Å². The first kappa shape index (κ1) is 19.6.